The summed E-state index contributed by atoms with van der Waals surface area (Å²) in [5.74, 6) is 1.65. The third-order valence-electron chi connectivity index (χ3n) is 4.57. The molecule has 4 aromatic carbocycles. The van der Waals surface area contributed by atoms with Crippen LogP contribution in [0.1, 0.15) is 5.56 Å². The molecule has 4 rings (SSSR count). The lowest BCUT2D eigenvalue weighted by molar-refractivity contribution is 0.306. The van der Waals surface area contributed by atoms with Crippen molar-refractivity contribution in [3.05, 3.63) is 108 Å². The number of anilines is 1. The quantitative estimate of drug-likeness (QED) is 0.179. The van der Waals surface area contributed by atoms with E-state index in [-0.39, 0.29) is 5.82 Å². The van der Waals surface area contributed by atoms with Crippen LogP contribution < -0.4 is 14.2 Å². The molecule has 156 valence electrons. The van der Waals surface area contributed by atoms with Crippen LogP contribution in [0.2, 0.25) is 0 Å². The molecule has 0 aliphatic carbocycles. The molecule has 0 heterocycles. The van der Waals surface area contributed by atoms with Gasteiger partial charge in [-0.3, -0.25) is 0 Å². The molecule has 31 heavy (non-hydrogen) atoms. The second-order valence-corrected chi connectivity index (χ2v) is 8.40. The summed E-state index contributed by atoms with van der Waals surface area (Å²) >= 11 is 2.16. The molecular weight excluding hydrogens is 524 g/mol. The maximum Gasteiger partial charge on any atom is 0.148 e. The predicted molar refractivity (Wildman–Crippen MR) is 134 cm³/mol. The SMILES string of the molecule is Fc1cccc(-c2cc(Oc3ccccc3)cc(OCc3ccccc3)c2NSI)c1. The summed E-state index contributed by atoms with van der Waals surface area (Å²) in [6.07, 6.45) is 0. The first-order valence-corrected chi connectivity index (χ1v) is 13.0. The van der Waals surface area contributed by atoms with Crippen molar-refractivity contribution >= 4 is 36.0 Å². The highest BCUT2D eigenvalue weighted by atomic mass is 127. The van der Waals surface area contributed by atoms with E-state index in [9.17, 15) is 4.39 Å². The van der Waals surface area contributed by atoms with Gasteiger partial charge in [0.15, 0.2) is 0 Å². The first kappa shape index (κ1) is 21.5. The molecule has 0 aliphatic heterocycles. The Bertz CT molecular complexity index is 1140. The third kappa shape index (κ3) is 5.71. The standard InChI is InChI=1S/C25H19FINO2S/c26-20-11-7-10-19(14-20)23-15-22(30-21-12-5-2-6-13-21)16-24(25(23)28-31-27)29-17-18-8-3-1-4-9-18/h1-16,28H,17H2. The van der Waals surface area contributed by atoms with Crippen LogP contribution in [0.25, 0.3) is 11.1 Å². The van der Waals surface area contributed by atoms with Gasteiger partial charge in [0.2, 0.25) is 0 Å². The molecule has 0 spiro atoms. The van der Waals surface area contributed by atoms with E-state index in [1.807, 2.05) is 78.9 Å². The summed E-state index contributed by atoms with van der Waals surface area (Å²) < 4.78 is 29.6. The van der Waals surface area contributed by atoms with E-state index in [2.05, 4.69) is 25.9 Å². The first-order valence-electron chi connectivity index (χ1n) is 9.60. The summed E-state index contributed by atoms with van der Waals surface area (Å²) in [7, 11) is 1.42. The number of para-hydroxylation sites is 1. The van der Waals surface area contributed by atoms with Crippen LogP contribution in [0.15, 0.2) is 97.1 Å². The fourth-order valence-corrected chi connectivity index (χ4v) is 4.10. The Morgan fingerprint density at radius 3 is 2.26 bits per heavy atom. The van der Waals surface area contributed by atoms with Crippen LogP contribution in [0.3, 0.4) is 0 Å². The molecule has 3 nitrogen and oxygen atoms in total. The zero-order chi connectivity index (χ0) is 21.5. The highest BCUT2D eigenvalue weighted by molar-refractivity contribution is 14.2. The fourth-order valence-electron chi connectivity index (χ4n) is 3.15. The largest absolute Gasteiger partial charge is 0.487 e. The minimum Gasteiger partial charge on any atom is -0.487 e. The molecule has 6 heteroatoms. The summed E-state index contributed by atoms with van der Waals surface area (Å²) in [5.41, 5.74) is 3.34. The maximum atomic E-state index is 14.0. The van der Waals surface area contributed by atoms with Crippen LogP contribution in [-0.2, 0) is 6.61 Å². The molecule has 0 saturated carbocycles. The monoisotopic (exact) mass is 543 g/mol. The van der Waals surface area contributed by atoms with E-state index >= 15 is 0 Å². The lowest BCUT2D eigenvalue weighted by Gasteiger charge is -2.18. The number of hydrogen-bond donors (Lipinski definition) is 1. The second kappa shape index (κ2) is 10.5. The summed E-state index contributed by atoms with van der Waals surface area (Å²) in [6.45, 7) is 0.402. The number of nitrogens with one attached hydrogen (secondary N) is 1. The second-order valence-electron chi connectivity index (χ2n) is 6.72. The van der Waals surface area contributed by atoms with E-state index in [0.717, 1.165) is 22.4 Å². The number of rotatable bonds is 8. The molecule has 0 fully saturated rings. The molecule has 0 saturated heterocycles. The van der Waals surface area contributed by atoms with Gasteiger partial charge < -0.3 is 14.2 Å². The topological polar surface area (TPSA) is 30.5 Å². The van der Waals surface area contributed by atoms with Crippen molar-refractivity contribution in [1.82, 2.24) is 0 Å². The van der Waals surface area contributed by atoms with Gasteiger partial charge in [-0.2, -0.15) is 0 Å². The van der Waals surface area contributed by atoms with E-state index in [4.69, 9.17) is 9.47 Å². The Balaban J connectivity index is 1.77. The van der Waals surface area contributed by atoms with Crippen molar-refractivity contribution in [3.8, 4) is 28.4 Å². The van der Waals surface area contributed by atoms with Gasteiger partial charge in [-0.25, -0.2) is 4.39 Å². The van der Waals surface area contributed by atoms with Crippen LogP contribution in [-0.4, -0.2) is 0 Å². The first-order chi connectivity index (χ1) is 15.2. The summed E-state index contributed by atoms with van der Waals surface area (Å²) in [6, 6.07) is 29.7. The van der Waals surface area contributed by atoms with Gasteiger partial charge in [0.05, 0.1) is 5.69 Å². The Hall–Kier alpha value is -2.71. The minimum atomic E-state index is -0.299. The van der Waals surface area contributed by atoms with E-state index in [0.29, 0.717) is 23.9 Å². The molecule has 0 radical (unpaired) electrons. The number of benzene rings is 4. The Morgan fingerprint density at radius 1 is 0.806 bits per heavy atom. The van der Waals surface area contributed by atoms with E-state index in [1.165, 1.54) is 21.3 Å². The van der Waals surface area contributed by atoms with Crippen molar-refractivity contribution in [2.45, 2.75) is 6.61 Å². The minimum absolute atomic E-state index is 0.299. The molecule has 0 atom stereocenters. The number of ether oxygens (including phenoxy) is 2. The molecule has 0 bridgehead atoms. The average molecular weight is 543 g/mol. The van der Waals surface area contributed by atoms with Gasteiger partial charge >= 0.3 is 0 Å². The van der Waals surface area contributed by atoms with Gasteiger partial charge in [0.25, 0.3) is 0 Å². The molecule has 4 aromatic rings. The zero-order valence-corrected chi connectivity index (χ0v) is 19.4. The van der Waals surface area contributed by atoms with Crippen molar-refractivity contribution in [1.29, 1.82) is 0 Å². The van der Waals surface area contributed by atoms with Crippen molar-refractivity contribution in [2.75, 3.05) is 4.72 Å². The summed E-state index contributed by atoms with van der Waals surface area (Å²) in [5, 5.41) is 0. The van der Waals surface area contributed by atoms with E-state index < -0.39 is 0 Å². The van der Waals surface area contributed by atoms with Gasteiger partial charge in [0.1, 0.15) is 29.7 Å². The highest BCUT2D eigenvalue weighted by Crippen LogP contribution is 2.43. The molecule has 0 aromatic heterocycles. The van der Waals surface area contributed by atoms with Crippen LogP contribution >= 0.6 is 30.3 Å². The maximum absolute atomic E-state index is 14.0. The van der Waals surface area contributed by atoms with Gasteiger partial charge in [0, 0.05) is 42.0 Å². The van der Waals surface area contributed by atoms with Gasteiger partial charge in [-0.15, -0.1) is 0 Å². The van der Waals surface area contributed by atoms with Crippen LogP contribution in [0.5, 0.6) is 17.2 Å². The highest BCUT2D eigenvalue weighted by Gasteiger charge is 2.16. The molecular formula is C25H19FINO2S. The average Bonchev–Trinajstić information content (AvgIpc) is 2.80. The molecule has 0 amide bonds. The number of halogens is 2. The van der Waals surface area contributed by atoms with Crippen LogP contribution in [0.4, 0.5) is 10.1 Å². The van der Waals surface area contributed by atoms with Gasteiger partial charge in [-0.05, 0) is 41.5 Å². The Kier molecular flexibility index (Phi) is 7.32. The fraction of sp³-hybridized carbons (Fsp3) is 0.0400. The summed E-state index contributed by atoms with van der Waals surface area (Å²) in [4.78, 5) is 0. The van der Waals surface area contributed by atoms with Gasteiger partial charge in [-0.1, -0.05) is 60.7 Å². The van der Waals surface area contributed by atoms with E-state index in [1.54, 1.807) is 6.07 Å². The normalized spacial score (nSPS) is 10.5. The predicted octanol–water partition coefficient (Wildman–Crippen LogP) is 8.27. The lowest BCUT2D eigenvalue weighted by Crippen LogP contribution is -2.00. The van der Waals surface area contributed by atoms with Crippen LogP contribution in [0, 0.1) is 5.82 Å². The smallest absolute Gasteiger partial charge is 0.148 e. The van der Waals surface area contributed by atoms with Crippen molar-refractivity contribution in [2.24, 2.45) is 0 Å². The molecule has 0 unspecified atom stereocenters. The zero-order valence-electron chi connectivity index (χ0n) is 16.4. The molecule has 0 aliphatic rings. The third-order valence-corrected chi connectivity index (χ3v) is 5.51. The Labute approximate surface area is 197 Å². The van der Waals surface area contributed by atoms with Crippen molar-refractivity contribution in [3.63, 3.8) is 0 Å². The lowest BCUT2D eigenvalue weighted by atomic mass is 10.0. The van der Waals surface area contributed by atoms with Crippen molar-refractivity contribution < 1.29 is 13.9 Å². The Morgan fingerprint density at radius 2 is 1.55 bits per heavy atom. The molecule has 1 N–H and O–H groups in total. The number of hydrogen-bond acceptors (Lipinski definition) is 4.